The molecule has 18 heavy (non-hydrogen) atoms. The Labute approximate surface area is 111 Å². The predicted molar refractivity (Wildman–Crippen MR) is 72.5 cm³/mol. The minimum Gasteiger partial charge on any atom is -0.369 e. The number of aromatic nitrogens is 1. The fourth-order valence-electron chi connectivity index (χ4n) is 2.21. The van der Waals surface area contributed by atoms with E-state index in [4.69, 9.17) is 4.74 Å². The van der Waals surface area contributed by atoms with E-state index >= 15 is 0 Å². The quantitative estimate of drug-likeness (QED) is 0.848. The van der Waals surface area contributed by atoms with Crippen molar-refractivity contribution < 1.29 is 4.74 Å². The Morgan fingerprint density at radius 3 is 3.11 bits per heavy atom. The van der Waals surface area contributed by atoms with Gasteiger partial charge in [-0.25, -0.2) is 0 Å². The molecule has 1 fully saturated rings. The SMILES string of the molecule is c1ccc([C@@H]2CN(Cc3cccs3)CCO2)nc1. The number of ether oxygens (including phenoxy) is 1. The first-order valence-corrected chi connectivity index (χ1v) is 7.07. The summed E-state index contributed by atoms with van der Waals surface area (Å²) < 4.78 is 5.81. The first-order valence-electron chi connectivity index (χ1n) is 6.19. The highest BCUT2D eigenvalue weighted by molar-refractivity contribution is 7.09. The molecule has 0 N–H and O–H groups in total. The number of pyridine rings is 1. The number of rotatable bonds is 3. The van der Waals surface area contributed by atoms with Gasteiger partial charge in [-0.15, -0.1) is 11.3 Å². The van der Waals surface area contributed by atoms with Gasteiger partial charge in [-0.1, -0.05) is 12.1 Å². The second-order valence-corrected chi connectivity index (χ2v) is 5.46. The third kappa shape index (κ3) is 2.77. The molecular formula is C14H16N2OS. The summed E-state index contributed by atoms with van der Waals surface area (Å²) in [5.74, 6) is 0. The average molecular weight is 260 g/mol. The molecule has 4 heteroatoms. The molecule has 0 bridgehead atoms. The standard InChI is InChI=1S/C14H16N2OS/c1-2-6-15-13(5-1)14-11-16(7-8-17-14)10-12-4-3-9-18-12/h1-6,9,14H,7-8,10-11H2/t14-/m0/s1. The number of morpholine rings is 1. The minimum atomic E-state index is 0.111. The van der Waals surface area contributed by atoms with E-state index in [0.717, 1.165) is 31.9 Å². The number of thiophene rings is 1. The van der Waals surface area contributed by atoms with Crippen LogP contribution in [0.5, 0.6) is 0 Å². The topological polar surface area (TPSA) is 25.4 Å². The highest BCUT2D eigenvalue weighted by Gasteiger charge is 2.22. The molecule has 3 heterocycles. The lowest BCUT2D eigenvalue weighted by Crippen LogP contribution is -2.37. The van der Waals surface area contributed by atoms with Crippen molar-refractivity contribution in [2.24, 2.45) is 0 Å². The summed E-state index contributed by atoms with van der Waals surface area (Å²) in [4.78, 5) is 8.24. The first-order chi connectivity index (χ1) is 8.92. The van der Waals surface area contributed by atoms with Gasteiger partial charge in [0.1, 0.15) is 6.10 Å². The molecule has 0 aliphatic carbocycles. The predicted octanol–water partition coefficient (Wildman–Crippen LogP) is 2.72. The first kappa shape index (κ1) is 11.8. The van der Waals surface area contributed by atoms with E-state index in [-0.39, 0.29) is 6.10 Å². The summed E-state index contributed by atoms with van der Waals surface area (Å²) in [5.41, 5.74) is 1.04. The Morgan fingerprint density at radius 2 is 2.33 bits per heavy atom. The molecule has 0 aromatic carbocycles. The number of hydrogen-bond acceptors (Lipinski definition) is 4. The van der Waals surface area contributed by atoms with E-state index < -0.39 is 0 Å². The van der Waals surface area contributed by atoms with Crippen LogP contribution in [0.4, 0.5) is 0 Å². The Morgan fingerprint density at radius 1 is 1.33 bits per heavy atom. The smallest absolute Gasteiger partial charge is 0.112 e. The zero-order valence-electron chi connectivity index (χ0n) is 10.2. The number of hydrogen-bond donors (Lipinski definition) is 0. The molecule has 3 rings (SSSR count). The summed E-state index contributed by atoms with van der Waals surface area (Å²) in [7, 11) is 0. The van der Waals surface area contributed by atoms with Crippen LogP contribution in [0.2, 0.25) is 0 Å². The van der Waals surface area contributed by atoms with Crippen molar-refractivity contribution in [2.45, 2.75) is 12.6 Å². The second-order valence-electron chi connectivity index (χ2n) is 4.43. The molecule has 2 aromatic rings. The van der Waals surface area contributed by atoms with Crippen LogP contribution in [0.1, 0.15) is 16.7 Å². The Balaban J connectivity index is 1.65. The van der Waals surface area contributed by atoms with E-state index in [9.17, 15) is 0 Å². The van der Waals surface area contributed by atoms with Gasteiger partial charge in [-0.3, -0.25) is 9.88 Å². The van der Waals surface area contributed by atoms with E-state index in [1.54, 1.807) is 0 Å². The van der Waals surface area contributed by atoms with Gasteiger partial charge >= 0.3 is 0 Å². The lowest BCUT2D eigenvalue weighted by Gasteiger charge is -2.32. The molecule has 0 amide bonds. The van der Waals surface area contributed by atoms with E-state index in [1.807, 2.05) is 35.7 Å². The Bertz CT molecular complexity index is 472. The van der Waals surface area contributed by atoms with Gasteiger partial charge < -0.3 is 4.74 Å². The molecule has 0 spiro atoms. The van der Waals surface area contributed by atoms with Crippen LogP contribution in [-0.4, -0.2) is 29.6 Å². The van der Waals surface area contributed by atoms with Gasteiger partial charge in [0.15, 0.2) is 0 Å². The van der Waals surface area contributed by atoms with Gasteiger partial charge in [0, 0.05) is 30.7 Å². The molecular weight excluding hydrogens is 244 g/mol. The highest BCUT2D eigenvalue weighted by atomic mass is 32.1. The van der Waals surface area contributed by atoms with Crippen LogP contribution < -0.4 is 0 Å². The Kier molecular flexibility index (Phi) is 3.69. The van der Waals surface area contributed by atoms with Crippen molar-refractivity contribution in [1.29, 1.82) is 0 Å². The maximum Gasteiger partial charge on any atom is 0.112 e. The van der Waals surface area contributed by atoms with Crippen molar-refractivity contribution in [3.05, 3.63) is 52.5 Å². The summed E-state index contributed by atoms with van der Waals surface area (Å²) >= 11 is 1.82. The summed E-state index contributed by atoms with van der Waals surface area (Å²) in [6, 6.07) is 10.3. The summed E-state index contributed by atoms with van der Waals surface area (Å²) in [6.45, 7) is 3.73. The third-order valence-electron chi connectivity index (χ3n) is 3.13. The van der Waals surface area contributed by atoms with Crippen LogP contribution in [0.25, 0.3) is 0 Å². The summed E-state index contributed by atoms with van der Waals surface area (Å²) in [5, 5.41) is 2.13. The van der Waals surface area contributed by atoms with Gasteiger partial charge in [-0.05, 0) is 23.6 Å². The molecule has 2 aromatic heterocycles. The fraction of sp³-hybridized carbons (Fsp3) is 0.357. The highest BCUT2D eigenvalue weighted by Crippen LogP contribution is 2.22. The normalized spacial score (nSPS) is 21.0. The van der Waals surface area contributed by atoms with Gasteiger partial charge in [0.05, 0.1) is 12.3 Å². The van der Waals surface area contributed by atoms with Crippen LogP contribution >= 0.6 is 11.3 Å². The van der Waals surface area contributed by atoms with E-state index in [2.05, 4.69) is 27.4 Å². The molecule has 1 aliphatic rings. The largest absolute Gasteiger partial charge is 0.369 e. The molecule has 0 saturated carbocycles. The maximum absolute atomic E-state index is 5.81. The van der Waals surface area contributed by atoms with Crippen LogP contribution in [0.15, 0.2) is 41.9 Å². The molecule has 0 radical (unpaired) electrons. The minimum absolute atomic E-state index is 0.111. The molecule has 1 aliphatic heterocycles. The van der Waals surface area contributed by atoms with Crippen molar-refractivity contribution in [3.63, 3.8) is 0 Å². The van der Waals surface area contributed by atoms with Crippen LogP contribution in [-0.2, 0) is 11.3 Å². The van der Waals surface area contributed by atoms with E-state index in [1.165, 1.54) is 4.88 Å². The van der Waals surface area contributed by atoms with Crippen LogP contribution in [0, 0.1) is 0 Å². The average Bonchev–Trinajstić information content (AvgIpc) is 2.93. The van der Waals surface area contributed by atoms with E-state index in [0.29, 0.717) is 0 Å². The van der Waals surface area contributed by atoms with Crippen molar-refractivity contribution in [2.75, 3.05) is 19.7 Å². The molecule has 1 atom stereocenters. The third-order valence-corrected chi connectivity index (χ3v) is 3.99. The summed E-state index contributed by atoms with van der Waals surface area (Å²) in [6.07, 6.45) is 1.94. The molecule has 3 nitrogen and oxygen atoms in total. The zero-order valence-corrected chi connectivity index (χ0v) is 11.0. The van der Waals surface area contributed by atoms with Crippen LogP contribution in [0.3, 0.4) is 0 Å². The number of nitrogens with zero attached hydrogens (tertiary/aromatic N) is 2. The van der Waals surface area contributed by atoms with Gasteiger partial charge in [0.2, 0.25) is 0 Å². The Hall–Kier alpha value is -1.23. The van der Waals surface area contributed by atoms with Crippen molar-refractivity contribution in [3.8, 4) is 0 Å². The lowest BCUT2D eigenvalue weighted by molar-refractivity contribution is -0.0346. The van der Waals surface area contributed by atoms with Crippen molar-refractivity contribution >= 4 is 11.3 Å². The molecule has 94 valence electrons. The van der Waals surface area contributed by atoms with Gasteiger partial charge in [0.25, 0.3) is 0 Å². The fourth-order valence-corrected chi connectivity index (χ4v) is 2.96. The van der Waals surface area contributed by atoms with Crippen molar-refractivity contribution in [1.82, 2.24) is 9.88 Å². The monoisotopic (exact) mass is 260 g/mol. The zero-order chi connectivity index (χ0) is 12.2. The lowest BCUT2D eigenvalue weighted by atomic mass is 10.2. The maximum atomic E-state index is 5.81. The molecule has 0 unspecified atom stereocenters. The molecule has 1 saturated heterocycles. The second kappa shape index (κ2) is 5.61. The van der Waals surface area contributed by atoms with Gasteiger partial charge in [-0.2, -0.15) is 0 Å².